The molecule has 0 radical (unpaired) electrons. The molecule has 0 aliphatic carbocycles. The van der Waals surface area contributed by atoms with E-state index in [0.29, 0.717) is 18.7 Å². The van der Waals surface area contributed by atoms with Gasteiger partial charge in [-0.3, -0.25) is 14.6 Å². The van der Waals surface area contributed by atoms with Crippen LogP contribution in [0.15, 0.2) is 18.5 Å². The van der Waals surface area contributed by atoms with E-state index < -0.39 is 0 Å². The van der Waals surface area contributed by atoms with Crippen molar-refractivity contribution >= 4 is 17.5 Å². The van der Waals surface area contributed by atoms with Gasteiger partial charge in [0.25, 0.3) is 0 Å². The molecule has 0 aromatic carbocycles. The zero-order valence-corrected chi connectivity index (χ0v) is 12.4. The van der Waals surface area contributed by atoms with E-state index in [4.69, 9.17) is 0 Å². The molecule has 1 unspecified atom stereocenters. The highest BCUT2D eigenvalue weighted by Gasteiger charge is 2.41. The zero-order valence-electron chi connectivity index (χ0n) is 12.4. The van der Waals surface area contributed by atoms with Gasteiger partial charge in [-0.15, -0.1) is 0 Å². The van der Waals surface area contributed by atoms with Gasteiger partial charge in [0.05, 0.1) is 23.8 Å². The third-order valence-corrected chi connectivity index (χ3v) is 4.16. The number of aryl methyl sites for hydroxylation is 1. The van der Waals surface area contributed by atoms with E-state index in [2.05, 4.69) is 15.2 Å². The fraction of sp³-hybridized carbons (Fsp3) is 0.533. The van der Waals surface area contributed by atoms with Crippen LogP contribution >= 0.6 is 0 Å². The van der Waals surface area contributed by atoms with Crippen LogP contribution in [0.25, 0.3) is 0 Å². The van der Waals surface area contributed by atoms with Gasteiger partial charge in [0.2, 0.25) is 11.8 Å². The van der Waals surface area contributed by atoms with Crippen molar-refractivity contribution in [2.24, 2.45) is 5.92 Å². The Labute approximate surface area is 124 Å². The third kappa shape index (κ3) is 2.90. The van der Waals surface area contributed by atoms with E-state index in [0.717, 1.165) is 18.7 Å². The minimum absolute atomic E-state index is 0.0917. The molecule has 21 heavy (non-hydrogen) atoms. The molecule has 112 valence electrons. The molecular weight excluding hydrogens is 268 g/mol. The van der Waals surface area contributed by atoms with Gasteiger partial charge in [-0.05, 0) is 25.6 Å². The standard InChI is InChI=1S/C15H20N4O2/c1-10-3-12(6-16-5-10)17-15(21)11-4-14(20)19(7-11)13-8-18(2)9-13/h3,5-6,11,13H,4,7-9H2,1-2H3,(H,17,21). The molecule has 1 aromatic heterocycles. The summed E-state index contributed by atoms with van der Waals surface area (Å²) >= 11 is 0. The monoisotopic (exact) mass is 288 g/mol. The molecule has 3 heterocycles. The van der Waals surface area contributed by atoms with E-state index in [1.54, 1.807) is 12.4 Å². The Bertz CT molecular complexity index is 569. The van der Waals surface area contributed by atoms with E-state index in [1.807, 2.05) is 24.9 Å². The Morgan fingerprint density at radius 3 is 2.76 bits per heavy atom. The van der Waals surface area contributed by atoms with Gasteiger partial charge < -0.3 is 15.1 Å². The average Bonchev–Trinajstić information content (AvgIpc) is 2.77. The van der Waals surface area contributed by atoms with Crippen molar-refractivity contribution < 1.29 is 9.59 Å². The summed E-state index contributed by atoms with van der Waals surface area (Å²) in [6, 6.07) is 2.15. The number of hydrogen-bond acceptors (Lipinski definition) is 4. The number of aromatic nitrogens is 1. The number of pyridine rings is 1. The van der Waals surface area contributed by atoms with E-state index in [-0.39, 0.29) is 23.8 Å². The molecule has 0 saturated carbocycles. The molecule has 2 aliphatic rings. The number of hydrogen-bond donors (Lipinski definition) is 1. The first kappa shape index (κ1) is 14.0. The Balaban J connectivity index is 1.60. The molecule has 0 spiro atoms. The van der Waals surface area contributed by atoms with Crippen molar-refractivity contribution in [3.05, 3.63) is 24.0 Å². The number of rotatable bonds is 3. The maximum atomic E-state index is 12.3. The maximum absolute atomic E-state index is 12.3. The minimum atomic E-state index is -0.260. The summed E-state index contributed by atoms with van der Waals surface area (Å²) in [7, 11) is 2.03. The molecular formula is C15H20N4O2. The van der Waals surface area contributed by atoms with Crippen LogP contribution in [0.5, 0.6) is 0 Å². The topological polar surface area (TPSA) is 65.5 Å². The number of carbonyl (C=O) groups is 2. The van der Waals surface area contributed by atoms with Gasteiger partial charge in [-0.25, -0.2) is 0 Å². The maximum Gasteiger partial charge on any atom is 0.229 e. The molecule has 1 aromatic rings. The van der Waals surface area contributed by atoms with Gasteiger partial charge in [0.1, 0.15) is 0 Å². The molecule has 6 nitrogen and oxygen atoms in total. The van der Waals surface area contributed by atoms with E-state index in [1.165, 1.54) is 0 Å². The molecule has 2 fully saturated rings. The van der Waals surface area contributed by atoms with Crippen molar-refractivity contribution in [3.8, 4) is 0 Å². The Kier molecular flexibility index (Phi) is 3.63. The van der Waals surface area contributed by atoms with E-state index in [9.17, 15) is 9.59 Å². The molecule has 2 aliphatic heterocycles. The lowest BCUT2D eigenvalue weighted by atomic mass is 10.1. The quantitative estimate of drug-likeness (QED) is 0.879. The van der Waals surface area contributed by atoms with Crippen molar-refractivity contribution in [2.45, 2.75) is 19.4 Å². The lowest BCUT2D eigenvalue weighted by molar-refractivity contribution is -0.132. The molecule has 1 N–H and O–H groups in total. The van der Waals surface area contributed by atoms with Gasteiger partial charge in [-0.1, -0.05) is 0 Å². The van der Waals surface area contributed by atoms with Crippen LogP contribution in [0.1, 0.15) is 12.0 Å². The minimum Gasteiger partial charge on any atom is -0.336 e. The van der Waals surface area contributed by atoms with Crippen molar-refractivity contribution in [1.82, 2.24) is 14.8 Å². The van der Waals surface area contributed by atoms with Crippen LogP contribution < -0.4 is 5.32 Å². The molecule has 0 bridgehead atoms. The van der Waals surface area contributed by atoms with E-state index >= 15 is 0 Å². The first-order chi connectivity index (χ1) is 10.0. The number of nitrogens with one attached hydrogen (secondary N) is 1. The van der Waals surface area contributed by atoms with Crippen LogP contribution in [-0.2, 0) is 9.59 Å². The molecule has 2 saturated heterocycles. The lowest BCUT2D eigenvalue weighted by Crippen LogP contribution is -2.58. The molecule has 1 atom stereocenters. The summed E-state index contributed by atoms with van der Waals surface area (Å²) in [4.78, 5) is 32.4. The highest BCUT2D eigenvalue weighted by atomic mass is 16.2. The van der Waals surface area contributed by atoms with Crippen LogP contribution in [0.3, 0.4) is 0 Å². The summed E-state index contributed by atoms with van der Waals surface area (Å²) in [5, 5.41) is 2.86. The SMILES string of the molecule is Cc1cncc(NC(=O)C2CC(=O)N(C3CN(C)C3)C2)c1. The number of amides is 2. The second-order valence-electron chi connectivity index (χ2n) is 6.06. The highest BCUT2D eigenvalue weighted by molar-refractivity contribution is 5.97. The Morgan fingerprint density at radius 1 is 1.33 bits per heavy atom. The van der Waals surface area contributed by atoms with Crippen LogP contribution in [-0.4, -0.2) is 59.3 Å². The number of likely N-dealkylation sites (N-methyl/N-ethyl adjacent to an activating group) is 1. The predicted octanol–water partition coefficient (Wildman–Crippen LogP) is 0.491. The first-order valence-corrected chi connectivity index (χ1v) is 7.23. The zero-order chi connectivity index (χ0) is 15.0. The third-order valence-electron chi connectivity index (χ3n) is 4.16. The lowest BCUT2D eigenvalue weighted by Gasteiger charge is -2.42. The van der Waals surface area contributed by atoms with Crippen LogP contribution in [0, 0.1) is 12.8 Å². The summed E-state index contributed by atoms with van der Waals surface area (Å²) < 4.78 is 0. The highest BCUT2D eigenvalue weighted by Crippen LogP contribution is 2.25. The summed E-state index contributed by atoms with van der Waals surface area (Å²) in [6.07, 6.45) is 3.68. The number of likely N-dealkylation sites (tertiary alicyclic amines) is 2. The number of carbonyl (C=O) groups excluding carboxylic acids is 2. The first-order valence-electron chi connectivity index (χ1n) is 7.23. The van der Waals surface area contributed by atoms with Crippen molar-refractivity contribution in [2.75, 3.05) is 32.0 Å². The fourth-order valence-corrected chi connectivity index (χ4v) is 2.99. The van der Waals surface area contributed by atoms with Gasteiger partial charge in [0, 0.05) is 32.3 Å². The van der Waals surface area contributed by atoms with Crippen LogP contribution in [0.2, 0.25) is 0 Å². The number of anilines is 1. The average molecular weight is 288 g/mol. The van der Waals surface area contributed by atoms with Crippen molar-refractivity contribution in [1.29, 1.82) is 0 Å². The molecule has 3 rings (SSSR count). The second-order valence-corrected chi connectivity index (χ2v) is 6.06. The Hall–Kier alpha value is -1.95. The van der Waals surface area contributed by atoms with Crippen LogP contribution in [0.4, 0.5) is 5.69 Å². The fourth-order valence-electron chi connectivity index (χ4n) is 2.99. The van der Waals surface area contributed by atoms with Gasteiger partial charge in [0.15, 0.2) is 0 Å². The largest absolute Gasteiger partial charge is 0.336 e. The Morgan fingerprint density at radius 2 is 2.10 bits per heavy atom. The predicted molar refractivity (Wildman–Crippen MR) is 78.7 cm³/mol. The second kappa shape index (κ2) is 5.44. The smallest absolute Gasteiger partial charge is 0.229 e. The van der Waals surface area contributed by atoms with Gasteiger partial charge >= 0.3 is 0 Å². The normalized spacial score (nSPS) is 23.2. The molecule has 6 heteroatoms. The summed E-state index contributed by atoms with van der Waals surface area (Å²) in [5.41, 5.74) is 1.68. The van der Waals surface area contributed by atoms with Crippen molar-refractivity contribution in [3.63, 3.8) is 0 Å². The number of nitrogens with zero attached hydrogens (tertiary/aromatic N) is 3. The molecule has 2 amide bonds. The van der Waals surface area contributed by atoms with Gasteiger partial charge in [-0.2, -0.15) is 0 Å². The summed E-state index contributed by atoms with van der Waals surface area (Å²) in [5.74, 6) is -0.259. The summed E-state index contributed by atoms with van der Waals surface area (Å²) in [6.45, 7) is 4.27.